The van der Waals surface area contributed by atoms with E-state index in [2.05, 4.69) is 30.6 Å². The van der Waals surface area contributed by atoms with Crippen molar-refractivity contribution in [2.24, 2.45) is 0 Å². The number of carboxylic acids is 1. The number of nitrogen functional groups attached to an aromatic ring is 2. The van der Waals surface area contributed by atoms with Crippen molar-refractivity contribution in [1.82, 2.24) is 40.4 Å². The molecule has 2 amide bonds. The maximum absolute atomic E-state index is 12.8. The van der Waals surface area contributed by atoms with E-state index in [1.807, 2.05) is 74.2 Å². The van der Waals surface area contributed by atoms with Crippen LogP contribution in [0.1, 0.15) is 84.4 Å². The Bertz CT molecular complexity index is 3630. The molecule has 10 rings (SSSR count). The number of rotatable bonds is 16. The van der Waals surface area contributed by atoms with Crippen LogP contribution in [-0.4, -0.2) is 137 Å². The molecule has 2 fully saturated rings. The van der Waals surface area contributed by atoms with Gasteiger partial charge in [-0.3, -0.25) is 24.4 Å². The molecule has 0 spiro atoms. The number of allylic oxidation sites excluding steroid dienone is 2. The second-order valence-corrected chi connectivity index (χ2v) is 20.7. The van der Waals surface area contributed by atoms with Gasteiger partial charge in [0.2, 0.25) is 0 Å². The van der Waals surface area contributed by atoms with Crippen LogP contribution in [0.25, 0.3) is 56.6 Å². The number of carbonyl (C=O) groups excluding carboxylic acids is 4. The molecule has 2 saturated heterocycles. The summed E-state index contributed by atoms with van der Waals surface area (Å²) in [5.41, 5.74) is 17.2. The average molecular weight is 1160 g/mol. The largest absolute Gasteiger partial charge is 0.493 e. The zero-order chi connectivity index (χ0) is 59.8. The predicted molar refractivity (Wildman–Crippen MR) is 327 cm³/mol. The van der Waals surface area contributed by atoms with Gasteiger partial charge in [0, 0.05) is 125 Å². The highest BCUT2D eigenvalue weighted by Gasteiger charge is 2.24. The smallest absolute Gasteiger partial charge is 0.410 e. The number of aromatic carboxylic acids is 1. The molecule has 2 aromatic carbocycles. The fourth-order valence-corrected chi connectivity index (χ4v) is 8.87. The van der Waals surface area contributed by atoms with E-state index < -0.39 is 5.97 Å². The van der Waals surface area contributed by atoms with Crippen molar-refractivity contribution in [2.45, 2.75) is 59.5 Å². The number of methoxy groups -OCH3 is 2. The minimum Gasteiger partial charge on any atom is -0.493 e. The van der Waals surface area contributed by atoms with Crippen molar-refractivity contribution in [1.29, 1.82) is 0 Å². The third-order valence-corrected chi connectivity index (χ3v) is 13.3. The number of fused-ring (bicyclic) bond motifs is 2. The summed E-state index contributed by atoms with van der Waals surface area (Å²) in [5.74, 6) is 2.22. The average Bonchev–Trinajstić information content (AvgIpc) is 4.13. The number of carbonyl (C=O) groups is 5. The predicted octanol–water partition coefficient (Wildman–Crippen LogP) is 9.60. The fourth-order valence-electron chi connectivity index (χ4n) is 8.87. The molecule has 444 valence electrons. The van der Waals surface area contributed by atoms with E-state index in [-0.39, 0.29) is 48.6 Å². The lowest BCUT2D eigenvalue weighted by molar-refractivity contribution is -0.115. The van der Waals surface area contributed by atoms with Crippen molar-refractivity contribution in [2.75, 3.05) is 78.0 Å². The molecule has 0 atom stereocenters. The Morgan fingerprint density at radius 3 is 1.44 bits per heavy atom. The van der Waals surface area contributed by atoms with Gasteiger partial charge in [-0.25, -0.2) is 19.6 Å². The molecule has 8 heterocycles. The van der Waals surface area contributed by atoms with Gasteiger partial charge in [-0.15, -0.1) is 0 Å². The Kier molecular flexibility index (Phi) is 21.8. The van der Waals surface area contributed by atoms with Crippen molar-refractivity contribution in [3.63, 3.8) is 0 Å². The van der Waals surface area contributed by atoms with Crippen molar-refractivity contribution < 1.29 is 52.1 Å². The van der Waals surface area contributed by atoms with Crippen LogP contribution < -0.4 is 31.6 Å². The number of nitrogens with one attached hydrogen (secondary N) is 2. The van der Waals surface area contributed by atoms with E-state index in [9.17, 15) is 24.0 Å². The first-order valence-electron chi connectivity index (χ1n) is 27.3. The number of piperazine rings is 2. The fraction of sp³-hybridized carbons (Fsp3) is 0.297. The molecule has 21 heteroatoms. The highest BCUT2D eigenvalue weighted by Crippen LogP contribution is 2.36. The Morgan fingerprint density at radius 1 is 0.600 bits per heavy atom. The summed E-state index contributed by atoms with van der Waals surface area (Å²) in [6.45, 7) is 11.8. The summed E-state index contributed by atoms with van der Waals surface area (Å²) in [6.07, 6.45) is 13.9. The molecular weight excluding hydrogens is 1080 g/mol. The number of ketones is 2. The number of ether oxygens (including phenoxy) is 3. The molecular formula is C64H72N10O11. The van der Waals surface area contributed by atoms with Crippen molar-refractivity contribution in [3.05, 3.63) is 156 Å². The Hall–Kier alpha value is -9.73. The van der Waals surface area contributed by atoms with Gasteiger partial charge in [0.25, 0.3) is 5.91 Å². The Balaban J connectivity index is 0.000000201. The maximum Gasteiger partial charge on any atom is 0.410 e. The lowest BCUT2D eigenvalue weighted by Gasteiger charge is -2.30. The van der Waals surface area contributed by atoms with Gasteiger partial charge < -0.3 is 60.1 Å². The summed E-state index contributed by atoms with van der Waals surface area (Å²) >= 11 is 0. The van der Waals surface area contributed by atoms with E-state index >= 15 is 0 Å². The molecule has 0 unspecified atom stereocenters. The number of anilines is 2. The van der Waals surface area contributed by atoms with Gasteiger partial charge in [0.15, 0.2) is 34.2 Å². The lowest BCUT2D eigenvalue weighted by atomic mass is 10.1. The van der Waals surface area contributed by atoms with Crippen LogP contribution in [0, 0.1) is 0 Å². The summed E-state index contributed by atoms with van der Waals surface area (Å²) in [5, 5.41) is 17.1. The first kappa shape index (κ1) is 62.9. The number of hydrogen-bond acceptors (Lipinski definition) is 18. The standard InChI is InChI=1S/C29H29N5O4.C25H21N3O5.C9H18N2O2.CH4/c1-37-26-16-21(25-8-4-20(18-32-25)29(36)34-12-10-31-11-13-34)14-22-15-24(38-28(22)26)7-6-23(35)5-2-19-3-9-27(30)33-17-19;1-32-22-12-17(21-8-4-16(14-27-21)25(30)31)10-18-11-20(33-24(18)22)7-6-19(29)5-2-15-3-9-23(26)28-13-15;1-9(2,3)13-8(12)11-6-4-10-5-7-11;/h2-5,8-9,14-18,31H,6-7,10-13H2,1H3,(H2,30,33);2-5,8-14H,6-7H2,1H3,(H2,26,28)(H,30,31);10H,4-7H2,1-3H3;1H4/b2*5-2+;;. The van der Waals surface area contributed by atoms with E-state index in [1.54, 1.807) is 80.2 Å². The summed E-state index contributed by atoms with van der Waals surface area (Å²) < 4.78 is 28.3. The van der Waals surface area contributed by atoms with Crippen LogP contribution in [0.5, 0.6) is 11.5 Å². The molecule has 0 bridgehead atoms. The Morgan fingerprint density at radius 2 is 1.05 bits per heavy atom. The number of aryl methyl sites for hydroxylation is 2. The molecule has 2 aliphatic rings. The third-order valence-electron chi connectivity index (χ3n) is 13.3. The van der Waals surface area contributed by atoms with Crippen LogP contribution in [0.3, 0.4) is 0 Å². The molecule has 21 nitrogen and oxygen atoms in total. The van der Waals surface area contributed by atoms with Crippen LogP contribution in [0.15, 0.2) is 131 Å². The first-order chi connectivity index (χ1) is 40.4. The lowest BCUT2D eigenvalue weighted by Crippen LogP contribution is -2.48. The van der Waals surface area contributed by atoms with Crippen LogP contribution in [-0.2, 0) is 27.2 Å². The molecule has 6 aromatic heterocycles. The number of carboxylic acid groups (broad SMARTS) is 1. The van der Waals surface area contributed by atoms with E-state index in [0.29, 0.717) is 89.4 Å². The highest BCUT2D eigenvalue weighted by molar-refractivity contribution is 5.96. The van der Waals surface area contributed by atoms with Crippen LogP contribution >= 0.6 is 0 Å². The number of benzene rings is 2. The molecule has 7 N–H and O–H groups in total. The van der Waals surface area contributed by atoms with Crippen LogP contribution in [0.4, 0.5) is 16.4 Å². The number of aromatic nitrogens is 4. The number of nitrogens with zero attached hydrogens (tertiary/aromatic N) is 6. The van der Waals surface area contributed by atoms with Crippen molar-refractivity contribution >= 4 is 75.3 Å². The van der Waals surface area contributed by atoms with E-state index in [4.69, 9.17) is 39.6 Å². The Labute approximate surface area is 493 Å². The molecule has 2 aliphatic heterocycles. The van der Waals surface area contributed by atoms with Gasteiger partial charge in [0.05, 0.1) is 36.7 Å². The second kappa shape index (κ2) is 29.5. The normalized spacial score (nSPS) is 13.3. The topological polar surface area (TPSA) is 294 Å². The van der Waals surface area contributed by atoms with Gasteiger partial charge >= 0.3 is 12.1 Å². The molecule has 0 aliphatic carbocycles. The third kappa shape index (κ3) is 17.9. The molecule has 85 heavy (non-hydrogen) atoms. The number of hydrogen-bond donors (Lipinski definition) is 5. The number of pyridine rings is 4. The minimum absolute atomic E-state index is 0. The van der Waals surface area contributed by atoms with Crippen molar-refractivity contribution in [3.8, 4) is 34.0 Å². The number of furan rings is 2. The molecule has 8 aromatic rings. The molecule has 0 saturated carbocycles. The van der Waals surface area contributed by atoms with Gasteiger partial charge in [-0.2, -0.15) is 0 Å². The quantitative estimate of drug-likeness (QED) is 0.0562. The zero-order valence-corrected chi connectivity index (χ0v) is 47.6. The summed E-state index contributed by atoms with van der Waals surface area (Å²) in [4.78, 5) is 80.3. The minimum atomic E-state index is -1.03. The highest BCUT2D eigenvalue weighted by atomic mass is 16.6. The zero-order valence-electron chi connectivity index (χ0n) is 47.6. The summed E-state index contributed by atoms with van der Waals surface area (Å²) in [6, 6.07) is 25.1. The van der Waals surface area contributed by atoms with Gasteiger partial charge in [-0.05, 0) is 141 Å². The first-order valence-corrected chi connectivity index (χ1v) is 27.3. The number of amides is 2. The second-order valence-electron chi connectivity index (χ2n) is 20.7. The van der Waals surface area contributed by atoms with E-state index in [1.165, 1.54) is 24.4 Å². The molecule has 0 radical (unpaired) electrons. The number of nitrogens with two attached hydrogens (primary N) is 2. The van der Waals surface area contributed by atoms with Gasteiger partial charge in [0.1, 0.15) is 28.8 Å². The van der Waals surface area contributed by atoms with Crippen LogP contribution in [0.2, 0.25) is 0 Å². The SMILES string of the molecule is C.CC(C)(C)OC(=O)N1CCNCC1.COc1cc(-c2ccc(C(=O)N3CCNCC3)cn2)cc2cc(CCC(=O)/C=C/c3ccc(N)nc3)oc12.COc1cc(-c2ccc(C(=O)O)cn2)cc2cc(CCC(=O)/C=C/c3ccc(N)nc3)oc12. The monoisotopic (exact) mass is 1160 g/mol. The maximum atomic E-state index is 12.8. The van der Waals surface area contributed by atoms with Gasteiger partial charge in [-0.1, -0.05) is 7.43 Å². The summed E-state index contributed by atoms with van der Waals surface area (Å²) in [7, 11) is 3.13. The van der Waals surface area contributed by atoms with E-state index in [0.717, 1.165) is 78.0 Å².